The number of rotatable bonds is 4. The molecule has 0 aromatic heterocycles. The van der Waals surface area contributed by atoms with Crippen LogP contribution < -0.4 is 10.6 Å². The minimum atomic E-state index is -0.372. The average molecular weight is 370 g/mol. The van der Waals surface area contributed by atoms with Gasteiger partial charge >= 0.3 is 0 Å². The van der Waals surface area contributed by atoms with Crippen molar-refractivity contribution < 1.29 is 14.0 Å². The third-order valence-corrected chi connectivity index (χ3v) is 5.10. The molecule has 2 fully saturated rings. The van der Waals surface area contributed by atoms with Crippen LogP contribution in [0.3, 0.4) is 0 Å². The smallest absolute Gasteiger partial charge is 0.251 e. The molecular formula is C18H25ClFN3O2. The maximum Gasteiger partial charge on any atom is 0.251 e. The second kappa shape index (κ2) is 9.15. The zero-order valence-electron chi connectivity index (χ0n) is 14.2. The van der Waals surface area contributed by atoms with E-state index >= 15 is 0 Å². The third kappa shape index (κ3) is 5.16. The summed E-state index contributed by atoms with van der Waals surface area (Å²) in [6.07, 6.45) is 2.43. The van der Waals surface area contributed by atoms with Crippen molar-refractivity contribution in [3.05, 3.63) is 35.6 Å². The Morgan fingerprint density at radius 2 is 1.72 bits per heavy atom. The first-order chi connectivity index (χ1) is 11.6. The second-order valence-electron chi connectivity index (χ2n) is 6.65. The van der Waals surface area contributed by atoms with Gasteiger partial charge in [0.1, 0.15) is 5.82 Å². The van der Waals surface area contributed by atoms with Crippen LogP contribution in [0.15, 0.2) is 24.3 Å². The molecule has 1 aromatic rings. The lowest BCUT2D eigenvalue weighted by Gasteiger charge is -2.21. The van der Waals surface area contributed by atoms with Gasteiger partial charge in [0.05, 0.1) is 0 Å². The number of nitrogens with zero attached hydrogens (tertiary/aromatic N) is 1. The number of likely N-dealkylation sites (tertiary alicyclic amines) is 1. The van der Waals surface area contributed by atoms with E-state index in [9.17, 15) is 14.0 Å². The summed E-state index contributed by atoms with van der Waals surface area (Å²) in [7, 11) is 0. The minimum absolute atomic E-state index is 0. The molecule has 0 saturated carbocycles. The first-order valence-electron chi connectivity index (χ1n) is 8.66. The van der Waals surface area contributed by atoms with Crippen molar-refractivity contribution >= 4 is 24.2 Å². The van der Waals surface area contributed by atoms with Crippen molar-refractivity contribution in [2.24, 2.45) is 11.8 Å². The number of hydrogen-bond donors (Lipinski definition) is 2. The Hall–Kier alpha value is -1.66. The van der Waals surface area contributed by atoms with E-state index in [1.165, 1.54) is 24.3 Å². The van der Waals surface area contributed by atoms with Crippen molar-refractivity contribution in [1.29, 1.82) is 0 Å². The number of halogens is 2. The molecule has 2 aliphatic rings. The Bertz CT molecular complexity index is 582. The van der Waals surface area contributed by atoms with E-state index in [-0.39, 0.29) is 30.0 Å². The first-order valence-corrected chi connectivity index (χ1v) is 8.66. The fourth-order valence-corrected chi connectivity index (χ4v) is 3.61. The summed E-state index contributed by atoms with van der Waals surface area (Å²) in [5, 5.41) is 6.15. The molecule has 3 rings (SSSR count). The highest BCUT2D eigenvalue weighted by atomic mass is 35.5. The van der Waals surface area contributed by atoms with Gasteiger partial charge in [-0.3, -0.25) is 9.59 Å². The van der Waals surface area contributed by atoms with Crippen LogP contribution in [-0.2, 0) is 4.79 Å². The van der Waals surface area contributed by atoms with Gasteiger partial charge in [0.2, 0.25) is 5.91 Å². The molecule has 5 nitrogen and oxygen atoms in total. The number of carbonyl (C=O) groups is 2. The average Bonchev–Trinajstić information content (AvgIpc) is 2.93. The summed E-state index contributed by atoms with van der Waals surface area (Å²) in [5.74, 6) is 0.839. The van der Waals surface area contributed by atoms with Crippen LogP contribution in [0, 0.1) is 17.7 Å². The molecule has 2 amide bonds. The van der Waals surface area contributed by atoms with Gasteiger partial charge in [-0.25, -0.2) is 4.39 Å². The molecule has 138 valence electrons. The summed E-state index contributed by atoms with van der Waals surface area (Å²) < 4.78 is 12.8. The molecule has 2 aliphatic heterocycles. The Balaban J connectivity index is 0.00000225. The number of nitrogens with one attached hydrogen (secondary N) is 2. The second-order valence-corrected chi connectivity index (χ2v) is 6.65. The van der Waals surface area contributed by atoms with Crippen LogP contribution in [0.4, 0.5) is 4.39 Å². The van der Waals surface area contributed by atoms with E-state index in [0.717, 1.165) is 39.0 Å². The Kier molecular flexibility index (Phi) is 7.20. The van der Waals surface area contributed by atoms with Crippen molar-refractivity contribution in [3.8, 4) is 0 Å². The van der Waals surface area contributed by atoms with E-state index in [1.54, 1.807) is 0 Å². The lowest BCUT2D eigenvalue weighted by atomic mass is 9.92. The zero-order chi connectivity index (χ0) is 16.9. The molecular weight excluding hydrogens is 345 g/mol. The Labute approximate surface area is 153 Å². The molecule has 0 radical (unpaired) electrons. The molecule has 7 heteroatoms. The van der Waals surface area contributed by atoms with Gasteiger partial charge in [0.15, 0.2) is 0 Å². The quantitative estimate of drug-likeness (QED) is 0.851. The summed E-state index contributed by atoms with van der Waals surface area (Å²) in [4.78, 5) is 26.2. The van der Waals surface area contributed by atoms with Crippen LogP contribution in [0.2, 0.25) is 0 Å². The number of hydrogen-bond acceptors (Lipinski definition) is 3. The number of benzene rings is 1. The predicted octanol–water partition coefficient (Wildman–Crippen LogP) is 1.83. The molecule has 0 spiro atoms. The topological polar surface area (TPSA) is 61.4 Å². The Morgan fingerprint density at radius 1 is 1.12 bits per heavy atom. The lowest BCUT2D eigenvalue weighted by molar-refractivity contribution is -0.131. The molecule has 2 heterocycles. The maximum atomic E-state index is 12.8. The summed E-state index contributed by atoms with van der Waals surface area (Å²) in [6, 6.07) is 5.38. The molecule has 0 aliphatic carbocycles. The van der Waals surface area contributed by atoms with Crippen LogP contribution in [0.5, 0.6) is 0 Å². The van der Waals surface area contributed by atoms with Gasteiger partial charge in [-0.05, 0) is 62.0 Å². The summed E-state index contributed by atoms with van der Waals surface area (Å²) >= 11 is 0. The lowest BCUT2D eigenvalue weighted by Crippen LogP contribution is -2.35. The molecule has 2 atom stereocenters. The van der Waals surface area contributed by atoms with E-state index in [2.05, 4.69) is 10.6 Å². The van der Waals surface area contributed by atoms with Crippen molar-refractivity contribution in [3.63, 3.8) is 0 Å². The summed E-state index contributed by atoms with van der Waals surface area (Å²) in [5.41, 5.74) is 0.402. The molecule has 2 saturated heterocycles. The third-order valence-electron chi connectivity index (χ3n) is 5.10. The number of amides is 2. The fourth-order valence-electron chi connectivity index (χ4n) is 3.61. The van der Waals surface area contributed by atoms with E-state index < -0.39 is 0 Å². The minimum Gasteiger partial charge on any atom is -0.352 e. The van der Waals surface area contributed by atoms with Crippen molar-refractivity contribution in [2.75, 3.05) is 32.7 Å². The molecule has 25 heavy (non-hydrogen) atoms. The van der Waals surface area contributed by atoms with Crippen molar-refractivity contribution in [1.82, 2.24) is 15.5 Å². The molecule has 2 N–H and O–H groups in total. The zero-order valence-corrected chi connectivity index (χ0v) is 15.0. The highest BCUT2D eigenvalue weighted by molar-refractivity contribution is 5.94. The highest BCUT2D eigenvalue weighted by Crippen LogP contribution is 2.27. The van der Waals surface area contributed by atoms with Gasteiger partial charge < -0.3 is 15.5 Å². The first kappa shape index (κ1) is 19.7. The van der Waals surface area contributed by atoms with Crippen LogP contribution >= 0.6 is 12.4 Å². The fraction of sp³-hybridized carbons (Fsp3) is 0.556. The Morgan fingerprint density at radius 3 is 2.32 bits per heavy atom. The van der Waals surface area contributed by atoms with Crippen LogP contribution in [0.1, 0.15) is 29.6 Å². The van der Waals surface area contributed by atoms with Gasteiger partial charge in [-0.15, -0.1) is 12.4 Å². The molecule has 0 bridgehead atoms. The van der Waals surface area contributed by atoms with Gasteiger partial charge in [0, 0.05) is 31.6 Å². The van der Waals surface area contributed by atoms with Crippen LogP contribution in [0.25, 0.3) is 0 Å². The standard InChI is InChI=1S/C18H24FN3O2.ClH/c19-16-3-1-13(2-4-16)18(24)21-8-5-17(23)22-9-6-14-11-20-12-15(14)7-10-22;/h1-4,14-15,20H,5-12H2,(H,21,24);1H/t14-,15+;. The normalized spacial score (nSPS) is 22.5. The number of carbonyl (C=O) groups excluding carboxylic acids is 2. The highest BCUT2D eigenvalue weighted by Gasteiger charge is 2.31. The molecule has 0 unspecified atom stereocenters. The van der Waals surface area contributed by atoms with E-state index in [4.69, 9.17) is 0 Å². The molecule has 1 aromatic carbocycles. The number of fused-ring (bicyclic) bond motifs is 1. The van der Waals surface area contributed by atoms with Crippen molar-refractivity contribution in [2.45, 2.75) is 19.3 Å². The monoisotopic (exact) mass is 369 g/mol. The van der Waals surface area contributed by atoms with Gasteiger partial charge in [0.25, 0.3) is 5.91 Å². The van der Waals surface area contributed by atoms with E-state index in [0.29, 0.717) is 30.4 Å². The SMILES string of the molecule is Cl.O=C(NCCC(=O)N1CC[C@@H]2CNC[C@@H]2CC1)c1ccc(F)cc1. The maximum absolute atomic E-state index is 12.8. The van der Waals surface area contributed by atoms with Gasteiger partial charge in [-0.2, -0.15) is 0 Å². The van der Waals surface area contributed by atoms with Crippen LogP contribution in [-0.4, -0.2) is 49.4 Å². The summed E-state index contributed by atoms with van der Waals surface area (Å²) in [6.45, 7) is 4.07. The largest absolute Gasteiger partial charge is 0.352 e. The van der Waals surface area contributed by atoms with E-state index in [1.807, 2.05) is 4.90 Å². The predicted molar refractivity (Wildman–Crippen MR) is 96.3 cm³/mol. The van der Waals surface area contributed by atoms with Gasteiger partial charge in [-0.1, -0.05) is 0 Å².